The predicted octanol–water partition coefficient (Wildman–Crippen LogP) is 3.65. The number of rotatable bonds is 9. The molecule has 5 nitrogen and oxygen atoms in total. The lowest BCUT2D eigenvalue weighted by Crippen LogP contribution is -2.46. The van der Waals surface area contributed by atoms with E-state index in [1.807, 2.05) is 24.3 Å². The summed E-state index contributed by atoms with van der Waals surface area (Å²) in [6.07, 6.45) is 0.371. The van der Waals surface area contributed by atoms with Gasteiger partial charge in [-0.05, 0) is 43.7 Å². The molecule has 0 aliphatic heterocycles. The Kier molecular flexibility index (Phi) is 8.39. The second-order valence-electron chi connectivity index (χ2n) is 6.57. The average molecular weight is 401 g/mol. The number of methoxy groups -OCH3 is 1. The van der Waals surface area contributed by atoms with Crippen LogP contribution in [-0.4, -0.2) is 42.7 Å². The molecule has 1 atom stereocenters. The van der Waals surface area contributed by atoms with Crippen molar-refractivity contribution < 1.29 is 14.3 Å². The first-order chi connectivity index (χ1) is 13.4. The Bertz CT molecular complexity index is 775. The van der Waals surface area contributed by atoms with Gasteiger partial charge in [-0.3, -0.25) is 9.59 Å². The van der Waals surface area contributed by atoms with E-state index in [0.717, 1.165) is 16.2 Å². The van der Waals surface area contributed by atoms with E-state index in [0.29, 0.717) is 18.7 Å². The molecule has 0 radical (unpaired) electrons. The number of thioether (sulfide) groups is 1. The molecule has 150 valence electrons. The fourth-order valence-electron chi connectivity index (χ4n) is 2.75. The number of likely N-dealkylation sites (N-methyl/N-ethyl adjacent to an activating group) is 1. The Morgan fingerprint density at radius 2 is 1.75 bits per heavy atom. The van der Waals surface area contributed by atoms with E-state index < -0.39 is 6.04 Å². The van der Waals surface area contributed by atoms with Crippen LogP contribution in [-0.2, 0) is 16.1 Å². The molecule has 1 N–H and O–H groups in total. The van der Waals surface area contributed by atoms with Crippen LogP contribution >= 0.6 is 11.8 Å². The lowest BCUT2D eigenvalue weighted by molar-refractivity contribution is -0.140. The van der Waals surface area contributed by atoms with Gasteiger partial charge in [-0.15, -0.1) is 11.8 Å². The second kappa shape index (κ2) is 10.8. The van der Waals surface area contributed by atoms with E-state index in [1.165, 1.54) is 5.56 Å². The van der Waals surface area contributed by atoms with Gasteiger partial charge in [0.25, 0.3) is 0 Å². The van der Waals surface area contributed by atoms with Crippen LogP contribution in [0.3, 0.4) is 0 Å². The summed E-state index contributed by atoms with van der Waals surface area (Å²) < 4.78 is 5.18. The van der Waals surface area contributed by atoms with E-state index in [2.05, 4.69) is 36.5 Å². The summed E-state index contributed by atoms with van der Waals surface area (Å²) in [5, 5.41) is 2.63. The van der Waals surface area contributed by atoms with Crippen molar-refractivity contribution in [3.8, 4) is 5.75 Å². The van der Waals surface area contributed by atoms with E-state index in [1.54, 1.807) is 37.7 Å². The molecule has 0 spiro atoms. The third kappa shape index (κ3) is 6.30. The van der Waals surface area contributed by atoms with E-state index >= 15 is 0 Å². The van der Waals surface area contributed by atoms with Crippen LogP contribution in [0.4, 0.5) is 0 Å². The average Bonchev–Trinajstić information content (AvgIpc) is 2.72. The third-order valence-electron chi connectivity index (χ3n) is 4.53. The van der Waals surface area contributed by atoms with Crippen molar-refractivity contribution in [3.63, 3.8) is 0 Å². The lowest BCUT2D eigenvalue weighted by atomic mass is 10.1. The standard InChI is InChI=1S/C22H28N2O3S/c1-16-5-11-20(12-6-16)28-14-13-21(25)24(17(2)22(26)23-3)15-18-7-9-19(27-4)10-8-18/h5-12,17H,13-15H2,1-4H3,(H,23,26). The quantitative estimate of drug-likeness (QED) is 0.653. The maximum Gasteiger partial charge on any atom is 0.242 e. The minimum Gasteiger partial charge on any atom is -0.497 e. The maximum absolute atomic E-state index is 12.9. The normalized spacial score (nSPS) is 11.6. The molecular formula is C22H28N2O3S. The summed E-state index contributed by atoms with van der Waals surface area (Å²) in [5.74, 6) is 1.22. The Labute approximate surface area is 171 Å². The fraction of sp³-hybridized carbons (Fsp3) is 0.364. The van der Waals surface area contributed by atoms with Gasteiger partial charge in [-0.25, -0.2) is 0 Å². The number of benzene rings is 2. The Morgan fingerprint density at radius 1 is 1.11 bits per heavy atom. The largest absolute Gasteiger partial charge is 0.497 e. The molecule has 0 bridgehead atoms. The molecule has 2 amide bonds. The molecule has 0 saturated carbocycles. The number of ether oxygens (including phenoxy) is 1. The van der Waals surface area contributed by atoms with Crippen LogP contribution in [0.1, 0.15) is 24.5 Å². The molecule has 6 heteroatoms. The van der Waals surface area contributed by atoms with Crippen LogP contribution in [0.15, 0.2) is 53.4 Å². The van der Waals surface area contributed by atoms with Crippen molar-refractivity contribution in [2.24, 2.45) is 0 Å². The molecule has 28 heavy (non-hydrogen) atoms. The smallest absolute Gasteiger partial charge is 0.242 e. The Balaban J connectivity index is 2.02. The fourth-order valence-corrected chi connectivity index (χ4v) is 3.59. The first-order valence-electron chi connectivity index (χ1n) is 9.28. The zero-order chi connectivity index (χ0) is 20.5. The Morgan fingerprint density at radius 3 is 2.32 bits per heavy atom. The first kappa shape index (κ1) is 21.8. The number of carbonyl (C=O) groups is 2. The van der Waals surface area contributed by atoms with Gasteiger partial charge in [0.05, 0.1) is 7.11 Å². The van der Waals surface area contributed by atoms with E-state index in [9.17, 15) is 9.59 Å². The SMILES string of the molecule is CNC(=O)C(C)N(Cc1ccc(OC)cc1)C(=O)CCSc1ccc(C)cc1. The van der Waals surface area contributed by atoms with Crippen LogP contribution in [0, 0.1) is 6.92 Å². The molecule has 1 unspecified atom stereocenters. The number of hydrogen-bond acceptors (Lipinski definition) is 4. The second-order valence-corrected chi connectivity index (χ2v) is 7.74. The van der Waals surface area contributed by atoms with Crippen LogP contribution in [0.2, 0.25) is 0 Å². The van der Waals surface area contributed by atoms with Crippen molar-refractivity contribution in [2.75, 3.05) is 19.9 Å². The summed E-state index contributed by atoms with van der Waals surface area (Å²) in [6.45, 7) is 4.19. The van der Waals surface area contributed by atoms with Gasteiger partial charge in [0, 0.05) is 30.7 Å². The lowest BCUT2D eigenvalue weighted by Gasteiger charge is -2.28. The number of hydrogen-bond donors (Lipinski definition) is 1. The topological polar surface area (TPSA) is 58.6 Å². The van der Waals surface area contributed by atoms with Crippen molar-refractivity contribution in [1.82, 2.24) is 10.2 Å². The van der Waals surface area contributed by atoms with Crippen molar-refractivity contribution in [1.29, 1.82) is 0 Å². The summed E-state index contributed by atoms with van der Waals surface area (Å²) in [5.41, 5.74) is 2.17. The molecule has 0 saturated heterocycles. The molecule has 0 fully saturated rings. The highest BCUT2D eigenvalue weighted by Crippen LogP contribution is 2.21. The summed E-state index contributed by atoms with van der Waals surface area (Å²) in [6, 6.07) is 15.3. The molecular weight excluding hydrogens is 372 g/mol. The molecule has 0 aliphatic rings. The van der Waals surface area contributed by atoms with E-state index in [-0.39, 0.29) is 11.8 Å². The summed E-state index contributed by atoms with van der Waals surface area (Å²) >= 11 is 1.65. The molecule has 0 heterocycles. The van der Waals surface area contributed by atoms with E-state index in [4.69, 9.17) is 4.74 Å². The highest BCUT2D eigenvalue weighted by atomic mass is 32.2. The van der Waals surface area contributed by atoms with Crippen LogP contribution in [0.25, 0.3) is 0 Å². The molecule has 0 aliphatic carbocycles. The highest BCUT2D eigenvalue weighted by Gasteiger charge is 2.25. The maximum atomic E-state index is 12.9. The van der Waals surface area contributed by atoms with Gasteiger partial charge in [-0.1, -0.05) is 29.8 Å². The Hall–Kier alpha value is -2.47. The number of amides is 2. The zero-order valence-electron chi connectivity index (χ0n) is 16.9. The molecule has 0 aromatic heterocycles. The number of nitrogens with one attached hydrogen (secondary N) is 1. The number of carbonyl (C=O) groups excluding carboxylic acids is 2. The van der Waals surface area contributed by atoms with Crippen molar-refractivity contribution >= 4 is 23.6 Å². The zero-order valence-corrected chi connectivity index (χ0v) is 17.7. The monoisotopic (exact) mass is 400 g/mol. The van der Waals surface area contributed by atoms with Gasteiger partial charge in [0.15, 0.2) is 0 Å². The predicted molar refractivity (Wildman–Crippen MR) is 114 cm³/mol. The number of aryl methyl sites for hydroxylation is 1. The van der Waals surface area contributed by atoms with Gasteiger partial charge in [0.2, 0.25) is 11.8 Å². The molecule has 2 aromatic rings. The van der Waals surface area contributed by atoms with Crippen molar-refractivity contribution in [2.45, 2.75) is 37.8 Å². The molecule has 2 aromatic carbocycles. The van der Waals surface area contributed by atoms with Crippen molar-refractivity contribution in [3.05, 3.63) is 59.7 Å². The summed E-state index contributed by atoms with van der Waals surface area (Å²) in [4.78, 5) is 27.8. The first-order valence-corrected chi connectivity index (χ1v) is 10.3. The highest BCUT2D eigenvalue weighted by molar-refractivity contribution is 7.99. The van der Waals surface area contributed by atoms with Crippen LogP contribution < -0.4 is 10.1 Å². The van der Waals surface area contributed by atoms with Gasteiger partial charge in [-0.2, -0.15) is 0 Å². The molecule has 2 rings (SSSR count). The minimum atomic E-state index is -0.538. The number of nitrogens with zero attached hydrogens (tertiary/aromatic N) is 1. The summed E-state index contributed by atoms with van der Waals surface area (Å²) in [7, 11) is 3.20. The van der Waals surface area contributed by atoms with Crippen LogP contribution in [0.5, 0.6) is 5.75 Å². The third-order valence-corrected chi connectivity index (χ3v) is 5.55. The van der Waals surface area contributed by atoms with Gasteiger partial charge in [0.1, 0.15) is 11.8 Å². The van der Waals surface area contributed by atoms with Gasteiger partial charge >= 0.3 is 0 Å². The van der Waals surface area contributed by atoms with Gasteiger partial charge < -0.3 is 15.0 Å². The minimum absolute atomic E-state index is 0.0356.